The van der Waals surface area contributed by atoms with Gasteiger partial charge in [0, 0.05) is 94.5 Å². The van der Waals surface area contributed by atoms with Crippen LogP contribution in [-0.2, 0) is 99.2 Å². The molecule has 11 atom stereocenters. The van der Waals surface area contributed by atoms with E-state index in [1.165, 1.54) is 93.8 Å². The summed E-state index contributed by atoms with van der Waals surface area (Å²) in [5.41, 5.74) is 13.3. The summed E-state index contributed by atoms with van der Waals surface area (Å²) >= 11 is 6.27. The zero-order valence-electron chi connectivity index (χ0n) is 66.7. The van der Waals surface area contributed by atoms with Gasteiger partial charge in [-0.3, -0.25) is 77.4 Å². The molecule has 0 unspecified atom stereocenters. The number of halogens is 1. The largest absolute Gasteiger partial charge is 0.394 e. The Morgan fingerprint density at radius 1 is 0.555 bits per heavy atom. The van der Waals surface area contributed by atoms with Gasteiger partial charge in [-0.15, -0.1) is 0 Å². The molecule has 18 amide bonds. The van der Waals surface area contributed by atoms with E-state index >= 15 is 24.0 Å². The third-order valence-electron chi connectivity index (χ3n) is 19.6. The van der Waals surface area contributed by atoms with Gasteiger partial charge in [-0.25, -0.2) is 9.59 Å². The molecule has 0 aliphatic carbocycles. The summed E-state index contributed by atoms with van der Waals surface area (Å²) in [6.45, 7) is 5.94. The van der Waals surface area contributed by atoms with Crippen LogP contribution in [0, 0.1) is 0 Å². The van der Waals surface area contributed by atoms with Crippen LogP contribution in [-0.4, -0.2) is 221 Å². The zero-order valence-corrected chi connectivity index (χ0v) is 67.4. The number of nitrogens with two attached hydrogens (primary N) is 2. The standard InChI is InChI=1S/C82H102ClN19O17/c1-45(2)87-33-10-9-16-58(80(117)102-34-12-17-67(102)79(116)88-46(3)70(84)107)92-77(114)65(42-69(106)101(5)6)97-75(112)61(37-50-23-30-57(31-24-50)91-81(85)118)94-74(111)62(38-49-21-28-56(29-22-49)90-71(108)64-41-68(105)100-82(119)99-64)96-78(115)66(44-103)98-76(113)63(40-52-13-11-32-86-43-52)95-73(110)60(36-48-19-26-55(83)27-20-48)93-72(109)59(89-47(4)104)39-51-18-25-53-14-7-8-15-54(53)35-51/h7-8,11,13-15,18-32,35,43,45-46,58-67,87,103H,9-10,12,16-17,33-34,36-42,44H2,1-6H3,(H2,84,107)(H,88,116)(H,89,104)(H,90,108)(H,92,114)(H,93,109)(H,94,111)(H,95,110)(H,96,115)(H,97,112)(H,98,113)(H3,85,91,118)(H2,99,100,105,119)/t46-,58+,59-,60-,61+,62+,63+,64+,65+,66+,67+/m1/s1. The number of hydrogen-bond acceptors (Lipinski definition) is 19. The maximum Gasteiger partial charge on any atom is 0.322 e. The van der Waals surface area contributed by atoms with E-state index in [4.69, 9.17) is 23.1 Å². The second kappa shape index (κ2) is 44.4. The van der Waals surface area contributed by atoms with Crippen LogP contribution in [0.25, 0.3) is 10.8 Å². The topological polar surface area (TPSA) is 533 Å². The molecular weight excluding hydrogens is 1560 g/mol. The van der Waals surface area contributed by atoms with Crippen molar-refractivity contribution in [2.24, 2.45) is 11.5 Å². The van der Waals surface area contributed by atoms with E-state index in [1.807, 2.05) is 55.6 Å². The number of fused-ring (bicyclic) bond motifs is 1. The third-order valence-corrected chi connectivity index (χ3v) is 19.9. The van der Waals surface area contributed by atoms with Crippen molar-refractivity contribution in [1.82, 2.24) is 78.6 Å². The molecule has 6 aromatic rings. The Hall–Kier alpha value is -13.0. The number of nitrogens with one attached hydrogen (secondary N) is 14. The molecule has 2 fully saturated rings. The summed E-state index contributed by atoms with van der Waals surface area (Å²) in [5.74, 6) is -12.2. The lowest BCUT2D eigenvalue weighted by molar-refractivity contribution is -0.143. The maximum atomic E-state index is 15.5. The number of hydrogen-bond donors (Lipinski definition) is 17. The van der Waals surface area contributed by atoms with E-state index in [0.717, 1.165) is 15.7 Å². The second-order valence-corrected chi connectivity index (χ2v) is 30.1. The van der Waals surface area contributed by atoms with Crippen LogP contribution >= 0.6 is 11.6 Å². The lowest BCUT2D eigenvalue weighted by atomic mass is 9.99. The monoisotopic (exact) mass is 1660 g/mol. The molecule has 0 radical (unpaired) electrons. The first kappa shape index (κ1) is 91.6. The number of urea groups is 2. The molecule has 8 rings (SSSR count). The van der Waals surface area contributed by atoms with Gasteiger partial charge in [-0.2, -0.15) is 0 Å². The smallest absolute Gasteiger partial charge is 0.322 e. The summed E-state index contributed by atoms with van der Waals surface area (Å²) in [5, 5.41) is 49.7. The summed E-state index contributed by atoms with van der Waals surface area (Å²) in [4.78, 5) is 228. The van der Waals surface area contributed by atoms with Gasteiger partial charge < -0.3 is 95.5 Å². The van der Waals surface area contributed by atoms with E-state index in [2.05, 4.69) is 74.1 Å². The Morgan fingerprint density at radius 2 is 1.04 bits per heavy atom. The van der Waals surface area contributed by atoms with Crippen molar-refractivity contribution in [3.05, 3.63) is 173 Å². The lowest BCUT2D eigenvalue weighted by Gasteiger charge is -2.31. The number of imide groups is 1. The van der Waals surface area contributed by atoms with Crippen LogP contribution in [0.1, 0.15) is 100 Å². The molecule has 0 saturated carbocycles. The highest BCUT2D eigenvalue weighted by atomic mass is 35.5. The number of pyridine rings is 1. The van der Waals surface area contributed by atoms with E-state index in [9.17, 15) is 57.8 Å². The molecule has 3 heterocycles. The van der Waals surface area contributed by atoms with E-state index in [0.29, 0.717) is 53.1 Å². The van der Waals surface area contributed by atoms with E-state index in [1.54, 1.807) is 42.5 Å². The van der Waals surface area contributed by atoms with Crippen LogP contribution < -0.4 is 85.9 Å². The number of primary amides is 2. The molecule has 0 bridgehead atoms. The fraction of sp³-hybridized carbons (Fsp3) is 0.402. The highest BCUT2D eigenvalue weighted by Crippen LogP contribution is 2.23. The second-order valence-electron chi connectivity index (χ2n) is 29.6. The fourth-order valence-corrected chi connectivity index (χ4v) is 13.4. The average Bonchev–Trinajstić information content (AvgIpc) is 1.18. The number of aliphatic hydroxyl groups excluding tert-OH is 1. The van der Waals surface area contributed by atoms with Gasteiger partial charge in [0.25, 0.3) is 0 Å². The quantitative estimate of drug-likeness (QED) is 0.0224. The number of carbonyl (C=O) groups is 16. The SMILES string of the molecule is CC(=O)N[C@H](Cc1ccc2ccccc2c1)C(=O)N[C@H](Cc1ccc(Cl)cc1)C(=O)N[C@@H](Cc1cccnc1)C(=O)N[C@@H](CO)C(=O)N[C@@H](Cc1ccc(NC(=O)[C@@H]2CC(=O)NC(=O)N2)cc1)C(=O)N[C@@H](Cc1ccc(NC(N)=O)cc1)C(=O)N[C@@H](CC(=O)N(C)C)C(=O)N[C@@H](CCCCNC(C)C)C(=O)N1CCC[C@H]1C(=O)N[C@H](C)C(N)=O. The van der Waals surface area contributed by atoms with Crippen molar-refractivity contribution in [3.8, 4) is 0 Å². The number of rotatable bonds is 41. The van der Waals surface area contributed by atoms with Crippen molar-refractivity contribution < 1.29 is 81.8 Å². The third kappa shape index (κ3) is 28.7. The molecule has 634 valence electrons. The van der Waals surface area contributed by atoms with E-state index < -0.39 is 187 Å². The molecule has 2 saturated heterocycles. The summed E-state index contributed by atoms with van der Waals surface area (Å²) in [6, 6.07) is 15.8. The Kier molecular flexibility index (Phi) is 34.2. The van der Waals surface area contributed by atoms with Crippen LogP contribution in [0.2, 0.25) is 5.02 Å². The normalized spacial score (nSPS) is 16.0. The Balaban J connectivity index is 1.11. The molecule has 36 nitrogen and oxygen atoms in total. The first-order valence-electron chi connectivity index (χ1n) is 38.8. The van der Waals surface area contributed by atoms with Crippen LogP contribution in [0.4, 0.5) is 21.0 Å². The highest BCUT2D eigenvalue weighted by molar-refractivity contribution is 6.30. The van der Waals surface area contributed by atoms with Gasteiger partial charge in [0.1, 0.15) is 66.5 Å². The van der Waals surface area contributed by atoms with Crippen LogP contribution in [0.3, 0.4) is 0 Å². The molecule has 37 heteroatoms. The van der Waals surface area contributed by atoms with Crippen molar-refractivity contribution in [1.29, 1.82) is 0 Å². The molecule has 0 spiro atoms. The summed E-state index contributed by atoms with van der Waals surface area (Å²) in [6.07, 6.45) is 1.75. The predicted octanol–water partition coefficient (Wildman–Crippen LogP) is -0.0531. The fourth-order valence-electron chi connectivity index (χ4n) is 13.2. The van der Waals surface area contributed by atoms with Gasteiger partial charge in [0.15, 0.2) is 0 Å². The molecular formula is C82H102ClN19O17. The first-order valence-corrected chi connectivity index (χ1v) is 39.2. The minimum atomic E-state index is -1.96. The molecule has 2 aliphatic rings. The molecule has 5 aromatic carbocycles. The number of benzene rings is 5. The number of aromatic nitrogens is 1. The number of likely N-dealkylation sites (tertiary alicyclic amines) is 1. The highest BCUT2D eigenvalue weighted by Gasteiger charge is 2.41. The molecule has 119 heavy (non-hydrogen) atoms. The van der Waals surface area contributed by atoms with Gasteiger partial charge in [0.05, 0.1) is 19.4 Å². The van der Waals surface area contributed by atoms with Crippen molar-refractivity contribution in [2.75, 3.05) is 44.4 Å². The lowest BCUT2D eigenvalue weighted by Crippen LogP contribution is -2.62. The zero-order chi connectivity index (χ0) is 86.6. The van der Waals surface area contributed by atoms with Gasteiger partial charge in [0.2, 0.25) is 82.7 Å². The Labute approximate surface area is 691 Å². The number of anilines is 2. The minimum Gasteiger partial charge on any atom is -0.394 e. The van der Waals surface area contributed by atoms with Crippen LogP contribution in [0.15, 0.2) is 140 Å². The number of amides is 18. The van der Waals surface area contributed by atoms with Crippen molar-refractivity contribution >= 4 is 129 Å². The van der Waals surface area contributed by atoms with Gasteiger partial charge in [-0.1, -0.05) is 110 Å². The summed E-state index contributed by atoms with van der Waals surface area (Å²) in [7, 11) is 2.78. The molecule has 2 aliphatic heterocycles. The number of carbonyl (C=O) groups excluding carboxylic acids is 16. The number of unbranched alkanes of at least 4 members (excludes halogenated alkanes) is 1. The average molecular weight is 1660 g/mol. The van der Waals surface area contributed by atoms with E-state index in [-0.39, 0.29) is 68.0 Å². The van der Waals surface area contributed by atoms with Gasteiger partial charge in [-0.05, 0) is 127 Å². The first-order chi connectivity index (χ1) is 56.7. The van der Waals surface area contributed by atoms with Crippen molar-refractivity contribution in [3.63, 3.8) is 0 Å². The number of nitrogens with zero attached hydrogens (tertiary/aromatic N) is 3. The Morgan fingerprint density at radius 3 is 1.55 bits per heavy atom. The Bertz CT molecular complexity index is 4640. The summed E-state index contributed by atoms with van der Waals surface area (Å²) < 4.78 is 0. The maximum absolute atomic E-state index is 15.5. The van der Waals surface area contributed by atoms with Crippen molar-refractivity contribution in [2.45, 2.75) is 177 Å². The molecule has 1 aromatic heterocycles. The van der Waals surface area contributed by atoms with Crippen LogP contribution in [0.5, 0.6) is 0 Å². The predicted molar refractivity (Wildman–Crippen MR) is 438 cm³/mol. The van der Waals surface area contributed by atoms with Gasteiger partial charge >= 0.3 is 12.1 Å². The molecule has 19 N–H and O–H groups in total. The number of aliphatic hydroxyl groups is 1. The minimum absolute atomic E-state index is 0.00762.